The molecule has 1 fully saturated rings. The number of rotatable bonds is 9. The number of carbonyl (C=O) groups is 1. The molecule has 3 aromatic rings. The number of benzene rings is 1. The Balaban J connectivity index is 1.39. The van der Waals surface area contributed by atoms with E-state index < -0.39 is 0 Å². The molecule has 0 radical (unpaired) electrons. The molecular weight excluding hydrogens is 455 g/mol. The highest BCUT2D eigenvalue weighted by atomic mass is 35.5. The number of hydrogen-bond donors (Lipinski definition) is 0. The first-order valence-electron chi connectivity index (χ1n) is 10.4. The van der Waals surface area contributed by atoms with E-state index in [4.69, 9.17) is 27.7 Å². The van der Waals surface area contributed by atoms with Gasteiger partial charge in [0.15, 0.2) is 0 Å². The molecule has 1 aliphatic rings. The molecule has 31 heavy (non-hydrogen) atoms. The second-order valence-corrected chi connectivity index (χ2v) is 9.23. The molecule has 6 nitrogen and oxygen atoms in total. The molecule has 0 unspecified atom stereocenters. The Morgan fingerprint density at radius 2 is 2.03 bits per heavy atom. The van der Waals surface area contributed by atoms with Crippen LogP contribution in [-0.4, -0.2) is 52.0 Å². The van der Waals surface area contributed by atoms with Crippen LogP contribution in [0.2, 0.25) is 10.0 Å². The largest absolute Gasteiger partial charge is 0.339 e. The number of aromatic nitrogens is 2. The van der Waals surface area contributed by atoms with Crippen LogP contribution < -0.4 is 0 Å². The minimum Gasteiger partial charge on any atom is -0.339 e. The highest BCUT2D eigenvalue weighted by Crippen LogP contribution is 2.24. The van der Waals surface area contributed by atoms with Crippen LogP contribution in [-0.2, 0) is 17.8 Å². The highest BCUT2D eigenvalue weighted by Gasteiger charge is 2.19. The van der Waals surface area contributed by atoms with Crippen molar-refractivity contribution in [1.29, 1.82) is 0 Å². The van der Waals surface area contributed by atoms with E-state index in [0.717, 1.165) is 30.8 Å². The average molecular weight is 479 g/mol. The van der Waals surface area contributed by atoms with Gasteiger partial charge in [-0.25, -0.2) is 0 Å². The molecule has 4 rings (SSSR count). The fourth-order valence-corrected chi connectivity index (χ4v) is 4.61. The van der Waals surface area contributed by atoms with Crippen molar-refractivity contribution in [3.8, 4) is 11.4 Å². The van der Waals surface area contributed by atoms with Gasteiger partial charge in [0.2, 0.25) is 17.6 Å². The van der Waals surface area contributed by atoms with E-state index in [0.29, 0.717) is 47.7 Å². The summed E-state index contributed by atoms with van der Waals surface area (Å²) in [4.78, 5) is 21.8. The van der Waals surface area contributed by atoms with E-state index in [1.807, 2.05) is 33.9 Å². The standard InChI is InChI=1S/C22H24Cl2N4O2S/c23-18-4-3-16(13-19(18)24)14-28(11-10-27-8-1-2-9-27)21(29)6-5-20-25-22(26-30-20)17-7-12-31-15-17/h3-4,7,12-13,15H,1-2,5-6,8-11,14H2. The Morgan fingerprint density at radius 1 is 1.19 bits per heavy atom. The lowest BCUT2D eigenvalue weighted by Crippen LogP contribution is -2.37. The third kappa shape index (κ3) is 6.07. The number of hydrogen-bond acceptors (Lipinski definition) is 6. The third-order valence-corrected chi connectivity index (χ3v) is 6.82. The fourth-order valence-electron chi connectivity index (χ4n) is 3.66. The first-order chi connectivity index (χ1) is 15.1. The summed E-state index contributed by atoms with van der Waals surface area (Å²) < 4.78 is 5.34. The summed E-state index contributed by atoms with van der Waals surface area (Å²) in [5.41, 5.74) is 1.89. The van der Waals surface area contributed by atoms with Crippen molar-refractivity contribution >= 4 is 40.4 Å². The molecule has 2 aromatic heterocycles. The lowest BCUT2D eigenvalue weighted by atomic mass is 10.2. The Hall–Kier alpha value is -1.93. The monoisotopic (exact) mass is 478 g/mol. The van der Waals surface area contributed by atoms with Crippen LogP contribution in [0.4, 0.5) is 0 Å². The van der Waals surface area contributed by atoms with E-state index in [-0.39, 0.29) is 5.91 Å². The van der Waals surface area contributed by atoms with Gasteiger partial charge in [0.05, 0.1) is 10.0 Å². The number of aryl methyl sites for hydroxylation is 1. The van der Waals surface area contributed by atoms with Gasteiger partial charge in [0.1, 0.15) is 0 Å². The molecule has 3 heterocycles. The molecule has 0 aliphatic carbocycles. The zero-order valence-electron chi connectivity index (χ0n) is 17.1. The van der Waals surface area contributed by atoms with E-state index in [1.54, 1.807) is 17.4 Å². The lowest BCUT2D eigenvalue weighted by molar-refractivity contribution is -0.132. The molecule has 9 heteroatoms. The van der Waals surface area contributed by atoms with E-state index in [2.05, 4.69) is 15.0 Å². The summed E-state index contributed by atoms with van der Waals surface area (Å²) in [7, 11) is 0. The smallest absolute Gasteiger partial charge is 0.227 e. The SMILES string of the molecule is O=C(CCc1nc(-c2ccsc2)no1)N(CCN1CCCC1)Cc1ccc(Cl)c(Cl)c1. The van der Waals surface area contributed by atoms with Crippen LogP contribution >= 0.6 is 34.5 Å². The topological polar surface area (TPSA) is 62.5 Å². The Morgan fingerprint density at radius 3 is 2.77 bits per heavy atom. The zero-order chi connectivity index (χ0) is 21.6. The van der Waals surface area contributed by atoms with Crippen molar-refractivity contribution < 1.29 is 9.32 Å². The Bertz CT molecular complexity index is 1000. The second kappa shape index (κ2) is 10.6. The van der Waals surface area contributed by atoms with Gasteiger partial charge in [-0.1, -0.05) is 34.4 Å². The predicted octanol–water partition coefficient (Wildman–Crippen LogP) is 5.16. The van der Waals surface area contributed by atoms with Crippen molar-refractivity contribution in [2.24, 2.45) is 0 Å². The second-order valence-electron chi connectivity index (χ2n) is 7.64. The van der Waals surface area contributed by atoms with Gasteiger partial charge in [-0.3, -0.25) is 4.79 Å². The van der Waals surface area contributed by atoms with Gasteiger partial charge >= 0.3 is 0 Å². The number of halogens is 2. The zero-order valence-corrected chi connectivity index (χ0v) is 19.4. The predicted molar refractivity (Wildman–Crippen MR) is 123 cm³/mol. The molecule has 1 saturated heterocycles. The number of thiophene rings is 1. The van der Waals surface area contributed by atoms with Crippen LogP contribution in [0.3, 0.4) is 0 Å². The minimum atomic E-state index is 0.0561. The van der Waals surface area contributed by atoms with Crippen LogP contribution in [0.15, 0.2) is 39.5 Å². The van der Waals surface area contributed by atoms with Crippen molar-refractivity contribution in [2.45, 2.75) is 32.2 Å². The van der Waals surface area contributed by atoms with Gasteiger partial charge < -0.3 is 14.3 Å². The normalized spacial score (nSPS) is 14.3. The summed E-state index contributed by atoms with van der Waals surface area (Å²) >= 11 is 13.8. The molecule has 0 spiro atoms. The third-order valence-electron chi connectivity index (χ3n) is 5.40. The first kappa shape index (κ1) is 22.3. The van der Waals surface area contributed by atoms with Gasteiger partial charge in [-0.2, -0.15) is 16.3 Å². The van der Waals surface area contributed by atoms with Crippen molar-refractivity contribution in [3.63, 3.8) is 0 Å². The maximum Gasteiger partial charge on any atom is 0.227 e. The highest BCUT2D eigenvalue weighted by molar-refractivity contribution is 7.08. The summed E-state index contributed by atoms with van der Waals surface area (Å²) in [6, 6.07) is 7.45. The summed E-state index contributed by atoms with van der Waals surface area (Å²) in [5, 5.41) is 8.97. The molecule has 1 aromatic carbocycles. The van der Waals surface area contributed by atoms with E-state index in [9.17, 15) is 4.79 Å². The van der Waals surface area contributed by atoms with Crippen LogP contribution in [0.25, 0.3) is 11.4 Å². The number of amides is 1. The first-order valence-corrected chi connectivity index (χ1v) is 12.1. The summed E-state index contributed by atoms with van der Waals surface area (Å²) in [6.07, 6.45) is 3.18. The van der Waals surface area contributed by atoms with E-state index >= 15 is 0 Å². The minimum absolute atomic E-state index is 0.0561. The molecule has 0 N–H and O–H groups in total. The van der Waals surface area contributed by atoms with Crippen LogP contribution in [0.5, 0.6) is 0 Å². The maximum atomic E-state index is 13.1. The number of carbonyl (C=O) groups excluding carboxylic acids is 1. The molecule has 0 saturated carbocycles. The van der Waals surface area contributed by atoms with E-state index in [1.165, 1.54) is 12.8 Å². The molecule has 1 aliphatic heterocycles. The number of likely N-dealkylation sites (tertiary alicyclic amines) is 1. The van der Waals surface area contributed by atoms with Gasteiger partial charge in [0, 0.05) is 43.4 Å². The molecule has 0 atom stereocenters. The van der Waals surface area contributed by atoms with Crippen molar-refractivity contribution in [2.75, 3.05) is 26.2 Å². The van der Waals surface area contributed by atoms with Crippen molar-refractivity contribution in [3.05, 3.63) is 56.5 Å². The van der Waals surface area contributed by atoms with Gasteiger partial charge in [-0.15, -0.1) is 0 Å². The summed E-state index contributed by atoms with van der Waals surface area (Å²) in [6.45, 7) is 4.23. The number of nitrogens with zero attached hydrogens (tertiary/aromatic N) is 4. The molecule has 1 amide bonds. The van der Waals surface area contributed by atoms with Crippen molar-refractivity contribution in [1.82, 2.24) is 19.9 Å². The maximum absolute atomic E-state index is 13.1. The Labute approximate surface area is 195 Å². The molecule has 164 valence electrons. The van der Waals surface area contributed by atoms with Crippen LogP contribution in [0.1, 0.15) is 30.7 Å². The molecular formula is C22H24Cl2N4O2S. The fraction of sp³-hybridized carbons (Fsp3) is 0.409. The summed E-state index contributed by atoms with van der Waals surface area (Å²) in [5.74, 6) is 1.09. The Kier molecular flexibility index (Phi) is 7.61. The van der Waals surface area contributed by atoms with Crippen LogP contribution in [0, 0.1) is 0 Å². The molecule has 0 bridgehead atoms. The van der Waals surface area contributed by atoms with Gasteiger partial charge in [0.25, 0.3) is 0 Å². The quantitative estimate of drug-likeness (QED) is 0.424. The van der Waals surface area contributed by atoms with Gasteiger partial charge in [-0.05, 0) is 55.1 Å². The lowest BCUT2D eigenvalue weighted by Gasteiger charge is -2.26. The average Bonchev–Trinajstić information content (AvgIpc) is 3.54.